The van der Waals surface area contributed by atoms with Crippen LogP contribution in [-0.2, 0) is 9.53 Å². The summed E-state index contributed by atoms with van der Waals surface area (Å²) in [6.07, 6.45) is 1.71. The van der Waals surface area contributed by atoms with Crippen LogP contribution in [0, 0.1) is 13.8 Å². The summed E-state index contributed by atoms with van der Waals surface area (Å²) in [5.41, 5.74) is 1.54. The van der Waals surface area contributed by atoms with E-state index in [1.165, 1.54) is 0 Å². The van der Waals surface area contributed by atoms with Crippen LogP contribution in [0.2, 0.25) is 0 Å². The van der Waals surface area contributed by atoms with Crippen molar-refractivity contribution in [2.24, 2.45) is 0 Å². The largest absolute Gasteiger partial charge is 0.481 e. The number of carbonyl (C=O) groups is 1. The zero-order valence-electron chi connectivity index (χ0n) is 12.2. The number of carboxylic acid groups (broad SMARTS) is 1. The van der Waals surface area contributed by atoms with Gasteiger partial charge in [-0.1, -0.05) is 0 Å². The Kier molecular flexibility index (Phi) is 3.94. The Morgan fingerprint density at radius 1 is 1.45 bits per heavy atom. The predicted octanol–water partition coefficient (Wildman–Crippen LogP) is 1.40. The molecule has 1 aliphatic carbocycles. The molecule has 0 spiro atoms. The van der Waals surface area contributed by atoms with E-state index in [4.69, 9.17) is 4.74 Å². The standard InChI is InChI=1S/C14H20N2O4/c1-7(13(17)18)12-8(2)15-14(19)16(9(12)3)10-5-11(6-10)20-4/h7,10-11H,5-6H2,1-4H3,(H,17,18). The second kappa shape index (κ2) is 5.36. The molecule has 1 aliphatic rings. The number of rotatable bonds is 4. The smallest absolute Gasteiger partial charge is 0.348 e. The van der Waals surface area contributed by atoms with Crippen LogP contribution in [0.15, 0.2) is 4.79 Å². The van der Waals surface area contributed by atoms with E-state index in [1.54, 1.807) is 32.4 Å². The average Bonchev–Trinajstić information content (AvgIpc) is 2.30. The minimum atomic E-state index is -0.911. The third-order valence-electron chi connectivity index (χ3n) is 4.18. The van der Waals surface area contributed by atoms with Crippen molar-refractivity contribution in [1.29, 1.82) is 0 Å². The fraction of sp³-hybridized carbons (Fsp3) is 0.643. The lowest BCUT2D eigenvalue weighted by molar-refractivity contribution is -0.138. The molecule has 0 radical (unpaired) electrons. The van der Waals surface area contributed by atoms with Crippen LogP contribution in [0.3, 0.4) is 0 Å². The SMILES string of the molecule is COC1CC(n2c(C)c(C(C)C(=O)O)c(C)nc2=O)C1. The highest BCUT2D eigenvalue weighted by molar-refractivity contribution is 5.76. The van der Waals surface area contributed by atoms with Gasteiger partial charge < -0.3 is 9.84 Å². The number of hydrogen-bond donors (Lipinski definition) is 1. The number of methoxy groups -OCH3 is 1. The zero-order chi connectivity index (χ0) is 15.0. The lowest BCUT2D eigenvalue weighted by Crippen LogP contribution is -2.40. The van der Waals surface area contributed by atoms with Gasteiger partial charge in [-0.15, -0.1) is 0 Å². The first-order chi connectivity index (χ1) is 9.36. The van der Waals surface area contributed by atoms with E-state index in [0.717, 1.165) is 12.8 Å². The molecule has 0 amide bonds. The zero-order valence-corrected chi connectivity index (χ0v) is 12.2. The van der Waals surface area contributed by atoms with Gasteiger partial charge in [0, 0.05) is 30.1 Å². The van der Waals surface area contributed by atoms with E-state index in [1.807, 2.05) is 0 Å². The van der Waals surface area contributed by atoms with E-state index in [0.29, 0.717) is 17.0 Å². The van der Waals surface area contributed by atoms with Crippen LogP contribution >= 0.6 is 0 Å². The third kappa shape index (κ3) is 2.35. The predicted molar refractivity (Wildman–Crippen MR) is 73.1 cm³/mol. The van der Waals surface area contributed by atoms with Crippen LogP contribution in [0.5, 0.6) is 0 Å². The van der Waals surface area contributed by atoms with Gasteiger partial charge in [-0.25, -0.2) is 4.79 Å². The molecule has 1 aromatic rings. The highest BCUT2D eigenvalue weighted by Gasteiger charge is 2.33. The highest BCUT2D eigenvalue weighted by Crippen LogP contribution is 2.35. The second-order valence-corrected chi connectivity index (χ2v) is 5.39. The van der Waals surface area contributed by atoms with Crippen LogP contribution in [0.4, 0.5) is 0 Å². The molecular formula is C14H20N2O4. The lowest BCUT2D eigenvalue weighted by Gasteiger charge is -2.36. The van der Waals surface area contributed by atoms with Crippen molar-refractivity contribution in [3.05, 3.63) is 27.4 Å². The molecule has 0 bridgehead atoms. The molecule has 6 heteroatoms. The molecule has 0 aromatic carbocycles. The molecule has 1 unspecified atom stereocenters. The number of aromatic nitrogens is 2. The second-order valence-electron chi connectivity index (χ2n) is 5.39. The summed E-state index contributed by atoms with van der Waals surface area (Å²) in [5, 5.41) is 9.20. The van der Waals surface area contributed by atoms with Gasteiger partial charge in [0.15, 0.2) is 0 Å². The molecule has 1 fully saturated rings. The number of hydrogen-bond acceptors (Lipinski definition) is 4. The van der Waals surface area contributed by atoms with Gasteiger partial charge in [-0.2, -0.15) is 4.98 Å². The summed E-state index contributed by atoms with van der Waals surface area (Å²) < 4.78 is 6.85. The molecule has 1 N–H and O–H groups in total. The van der Waals surface area contributed by atoms with E-state index < -0.39 is 11.9 Å². The molecule has 20 heavy (non-hydrogen) atoms. The van der Waals surface area contributed by atoms with Gasteiger partial charge in [0.1, 0.15) is 0 Å². The summed E-state index contributed by atoms with van der Waals surface area (Å²) in [7, 11) is 1.65. The van der Waals surface area contributed by atoms with Gasteiger partial charge >= 0.3 is 11.7 Å². The summed E-state index contributed by atoms with van der Waals surface area (Å²) in [6, 6.07) is 0.0558. The molecule has 6 nitrogen and oxygen atoms in total. The van der Waals surface area contributed by atoms with Crippen LogP contribution < -0.4 is 5.69 Å². The molecule has 1 heterocycles. The van der Waals surface area contributed by atoms with Crippen molar-refractivity contribution in [1.82, 2.24) is 9.55 Å². The molecule has 1 aromatic heterocycles. The molecular weight excluding hydrogens is 260 g/mol. The number of carboxylic acids is 1. The van der Waals surface area contributed by atoms with Crippen molar-refractivity contribution in [2.45, 2.75) is 51.7 Å². The Hall–Kier alpha value is -1.69. The first-order valence-electron chi connectivity index (χ1n) is 6.72. The molecule has 0 saturated heterocycles. The quantitative estimate of drug-likeness (QED) is 0.901. The molecule has 0 aliphatic heterocycles. The van der Waals surface area contributed by atoms with Crippen molar-refractivity contribution in [3.63, 3.8) is 0 Å². The summed E-state index contributed by atoms with van der Waals surface area (Å²) >= 11 is 0. The number of aliphatic carboxylic acids is 1. The van der Waals surface area contributed by atoms with Gasteiger partial charge in [0.05, 0.1) is 12.0 Å². The maximum absolute atomic E-state index is 12.1. The summed E-state index contributed by atoms with van der Waals surface area (Å²) in [4.78, 5) is 27.3. The Balaban J connectivity index is 2.46. The van der Waals surface area contributed by atoms with Gasteiger partial charge in [0.25, 0.3) is 0 Å². The van der Waals surface area contributed by atoms with E-state index >= 15 is 0 Å². The molecule has 1 atom stereocenters. The highest BCUT2D eigenvalue weighted by atomic mass is 16.5. The first-order valence-corrected chi connectivity index (χ1v) is 6.72. The van der Waals surface area contributed by atoms with Crippen molar-refractivity contribution in [3.8, 4) is 0 Å². The minimum Gasteiger partial charge on any atom is -0.481 e. The topological polar surface area (TPSA) is 81.4 Å². The minimum absolute atomic E-state index is 0.0558. The van der Waals surface area contributed by atoms with Crippen LogP contribution in [-0.4, -0.2) is 33.8 Å². The fourth-order valence-corrected chi connectivity index (χ4v) is 2.91. The summed E-state index contributed by atoms with van der Waals surface area (Å²) in [5.74, 6) is -1.58. The normalized spacial score (nSPS) is 23.2. The Labute approximate surface area is 117 Å². The molecule has 1 saturated carbocycles. The fourth-order valence-electron chi connectivity index (χ4n) is 2.91. The van der Waals surface area contributed by atoms with Crippen LogP contribution in [0.1, 0.15) is 48.7 Å². The molecule has 2 rings (SSSR count). The Morgan fingerprint density at radius 3 is 2.55 bits per heavy atom. The van der Waals surface area contributed by atoms with Crippen molar-refractivity contribution in [2.75, 3.05) is 7.11 Å². The van der Waals surface area contributed by atoms with Gasteiger partial charge in [-0.3, -0.25) is 9.36 Å². The maximum Gasteiger partial charge on any atom is 0.348 e. The van der Waals surface area contributed by atoms with Gasteiger partial charge in [-0.05, 0) is 33.6 Å². The van der Waals surface area contributed by atoms with E-state index in [9.17, 15) is 14.7 Å². The lowest BCUT2D eigenvalue weighted by atomic mass is 9.88. The van der Waals surface area contributed by atoms with Gasteiger partial charge in [0.2, 0.25) is 0 Å². The first kappa shape index (κ1) is 14.7. The number of aryl methyl sites for hydroxylation is 1. The molecule has 110 valence electrons. The van der Waals surface area contributed by atoms with Crippen LogP contribution in [0.25, 0.3) is 0 Å². The number of nitrogens with zero attached hydrogens (tertiary/aromatic N) is 2. The number of ether oxygens (including phenoxy) is 1. The van der Waals surface area contributed by atoms with E-state index in [2.05, 4.69) is 4.98 Å². The summed E-state index contributed by atoms with van der Waals surface area (Å²) in [6.45, 7) is 5.10. The average molecular weight is 280 g/mol. The Morgan fingerprint density at radius 2 is 2.05 bits per heavy atom. The monoisotopic (exact) mass is 280 g/mol. The third-order valence-corrected chi connectivity index (χ3v) is 4.18. The van der Waals surface area contributed by atoms with E-state index in [-0.39, 0.29) is 17.8 Å². The van der Waals surface area contributed by atoms with Crippen molar-refractivity contribution >= 4 is 5.97 Å². The van der Waals surface area contributed by atoms with Crippen molar-refractivity contribution < 1.29 is 14.6 Å². The maximum atomic E-state index is 12.1. The Bertz CT molecular complexity index is 588.